The number of nitrogens with two attached hydrogens (primary N) is 1. The minimum absolute atomic E-state index is 0.318. The highest BCUT2D eigenvalue weighted by atomic mass is 16.5. The van der Waals surface area contributed by atoms with Crippen molar-refractivity contribution < 1.29 is 9.53 Å². The molecule has 0 fully saturated rings. The van der Waals surface area contributed by atoms with Gasteiger partial charge in [0.05, 0.1) is 12.2 Å². The minimum atomic E-state index is -0.318. The quantitative estimate of drug-likeness (QED) is 0.586. The van der Waals surface area contributed by atoms with Crippen molar-refractivity contribution in [1.29, 1.82) is 0 Å². The van der Waals surface area contributed by atoms with Crippen molar-refractivity contribution in [3.05, 3.63) is 23.8 Å². The van der Waals surface area contributed by atoms with E-state index in [4.69, 9.17) is 10.5 Å². The zero-order chi connectivity index (χ0) is 14.3. The van der Waals surface area contributed by atoms with Gasteiger partial charge in [-0.15, -0.1) is 0 Å². The van der Waals surface area contributed by atoms with Crippen LogP contribution < -0.4 is 11.1 Å². The summed E-state index contributed by atoms with van der Waals surface area (Å²) < 4.78 is 5.17. The number of hydrogen-bond acceptors (Lipinski definition) is 4. The summed E-state index contributed by atoms with van der Waals surface area (Å²) in [5.74, 6) is 0.304. The van der Waals surface area contributed by atoms with Gasteiger partial charge in [-0.3, -0.25) is 0 Å². The first-order valence-corrected chi connectivity index (χ1v) is 6.85. The summed E-state index contributed by atoms with van der Waals surface area (Å²) >= 11 is 0. The Labute approximate surface area is 115 Å². The van der Waals surface area contributed by atoms with Crippen molar-refractivity contribution in [1.82, 2.24) is 0 Å². The fourth-order valence-electron chi connectivity index (χ4n) is 1.65. The van der Waals surface area contributed by atoms with Gasteiger partial charge in [0.2, 0.25) is 0 Å². The zero-order valence-corrected chi connectivity index (χ0v) is 12.0. The van der Waals surface area contributed by atoms with Crippen molar-refractivity contribution >= 4 is 17.3 Å². The Bertz CT molecular complexity index is 417. The normalized spacial score (nSPS) is 10.5. The van der Waals surface area contributed by atoms with Crippen LogP contribution in [0.3, 0.4) is 0 Å². The lowest BCUT2D eigenvalue weighted by atomic mass is 10.1. The molecule has 1 aromatic carbocycles. The van der Waals surface area contributed by atoms with Crippen molar-refractivity contribution in [3.63, 3.8) is 0 Å². The first kappa shape index (κ1) is 15.3. The summed E-state index contributed by atoms with van der Waals surface area (Å²) in [4.78, 5) is 12.0. The Morgan fingerprint density at radius 1 is 1.42 bits per heavy atom. The molecular formula is C15H24N2O2. The van der Waals surface area contributed by atoms with E-state index in [1.54, 1.807) is 12.1 Å². The molecule has 4 nitrogen and oxygen atoms in total. The van der Waals surface area contributed by atoms with Gasteiger partial charge in [0.15, 0.2) is 0 Å². The number of ether oxygens (including phenoxy) is 1. The first-order valence-electron chi connectivity index (χ1n) is 6.85. The van der Waals surface area contributed by atoms with Crippen molar-refractivity contribution in [3.8, 4) is 0 Å². The third kappa shape index (κ3) is 5.20. The van der Waals surface area contributed by atoms with Gasteiger partial charge < -0.3 is 15.8 Å². The highest BCUT2D eigenvalue weighted by molar-refractivity contribution is 5.96. The maximum atomic E-state index is 12.0. The summed E-state index contributed by atoms with van der Waals surface area (Å²) in [6, 6.07) is 5.28. The van der Waals surface area contributed by atoms with Gasteiger partial charge in [0, 0.05) is 17.9 Å². The molecule has 0 atom stereocenters. The minimum Gasteiger partial charge on any atom is -0.462 e. The molecule has 0 aliphatic heterocycles. The lowest BCUT2D eigenvalue weighted by Crippen LogP contribution is -2.12. The third-order valence-corrected chi connectivity index (χ3v) is 2.74. The molecule has 0 spiro atoms. The fraction of sp³-hybridized carbons (Fsp3) is 0.533. The molecule has 0 heterocycles. The topological polar surface area (TPSA) is 64.3 Å². The molecular weight excluding hydrogens is 240 g/mol. The van der Waals surface area contributed by atoms with Crippen LogP contribution in [0.2, 0.25) is 0 Å². The van der Waals surface area contributed by atoms with E-state index in [1.807, 2.05) is 13.0 Å². The van der Waals surface area contributed by atoms with Gasteiger partial charge in [-0.05, 0) is 37.0 Å². The molecule has 19 heavy (non-hydrogen) atoms. The predicted octanol–water partition coefficient (Wildman–Crippen LogP) is 3.29. The Kier molecular flexibility index (Phi) is 6.19. The maximum Gasteiger partial charge on any atom is 0.340 e. The van der Waals surface area contributed by atoms with Gasteiger partial charge in [0.25, 0.3) is 0 Å². The molecule has 4 heteroatoms. The number of anilines is 2. The highest BCUT2D eigenvalue weighted by Crippen LogP contribution is 2.20. The second kappa shape index (κ2) is 7.67. The van der Waals surface area contributed by atoms with Crippen molar-refractivity contribution in [2.75, 3.05) is 24.2 Å². The Morgan fingerprint density at radius 3 is 2.79 bits per heavy atom. The Balaban J connectivity index is 2.76. The molecule has 0 aliphatic carbocycles. The fourth-order valence-corrected chi connectivity index (χ4v) is 1.65. The van der Waals surface area contributed by atoms with E-state index < -0.39 is 0 Å². The molecule has 0 unspecified atom stereocenters. The van der Waals surface area contributed by atoms with E-state index >= 15 is 0 Å². The average molecular weight is 264 g/mol. The number of carbonyl (C=O) groups excluding carboxylic acids is 1. The van der Waals surface area contributed by atoms with Crippen LogP contribution in [0.5, 0.6) is 0 Å². The van der Waals surface area contributed by atoms with Gasteiger partial charge in [-0.25, -0.2) is 4.79 Å². The van der Waals surface area contributed by atoms with Gasteiger partial charge in [-0.2, -0.15) is 0 Å². The monoisotopic (exact) mass is 264 g/mol. The molecule has 0 bridgehead atoms. The smallest absolute Gasteiger partial charge is 0.340 e. The summed E-state index contributed by atoms with van der Waals surface area (Å²) in [5, 5.41) is 3.27. The number of esters is 1. The second-order valence-corrected chi connectivity index (χ2v) is 5.05. The van der Waals surface area contributed by atoms with Crippen LogP contribution in [0.15, 0.2) is 18.2 Å². The van der Waals surface area contributed by atoms with Crippen LogP contribution in [-0.2, 0) is 4.74 Å². The number of carbonyl (C=O) groups is 1. The second-order valence-electron chi connectivity index (χ2n) is 5.05. The molecule has 3 N–H and O–H groups in total. The van der Waals surface area contributed by atoms with E-state index in [0.29, 0.717) is 23.8 Å². The largest absolute Gasteiger partial charge is 0.462 e. The molecule has 0 radical (unpaired) electrons. The molecule has 106 valence electrons. The number of nitrogens with one attached hydrogen (secondary N) is 1. The Hall–Kier alpha value is -1.71. The molecule has 0 aliphatic rings. The summed E-state index contributed by atoms with van der Waals surface area (Å²) in [6.45, 7) is 7.56. The van der Waals surface area contributed by atoms with E-state index in [0.717, 1.165) is 25.1 Å². The number of nitrogen functional groups attached to an aromatic ring is 1. The first-order chi connectivity index (χ1) is 9.04. The Morgan fingerprint density at radius 2 is 2.16 bits per heavy atom. The summed E-state index contributed by atoms with van der Waals surface area (Å²) in [7, 11) is 0. The van der Waals surface area contributed by atoms with Crippen LogP contribution in [0.4, 0.5) is 11.4 Å². The number of hydrogen-bond donors (Lipinski definition) is 2. The van der Waals surface area contributed by atoms with E-state index in [9.17, 15) is 4.79 Å². The lowest BCUT2D eigenvalue weighted by Gasteiger charge is -2.13. The summed E-state index contributed by atoms with van der Waals surface area (Å²) in [6.07, 6.45) is 1.86. The third-order valence-electron chi connectivity index (χ3n) is 2.74. The average Bonchev–Trinajstić information content (AvgIpc) is 2.37. The van der Waals surface area contributed by atoms with E-state index in [1.165, 1.54) is 0 Å². The van der Waals surface area contributed by atoms with Gasteiger partial charge in [-0.1, -0.05) is 20.8 Å². The van der Waals surface area contributed by atoms with Crippen molar-refractivity contribution in [2.24, 2.45) is 5.92 Å². The van der Waals surface area contributed by atoms with E-state index in [2.05, 4.69) is 19.2 Å². The van der Waals surface area contributed by atoms with Gasteiger partial charge in [0.1, 0.15) is 0 Å². The predicted molar refractivity (Wildman–Crippen MR) is 79.4 cm³/mol. The molecule has 1 aromatic rings. The van der Waals surface area contributed by atoms with Crippen LogP contribution in [-0.4, -0.2) is 19.1 Å². The summed E-state index contributed by atoms with van der Waals surface area (Å²) in [5.41, 5.74) is 7.60. The maximum absolute atomic E-state index is 12.0. The van der Waals surface area contributed by atoms with Crippen molar-refractivity contribution in [2.45, 2.75) is 33.6 Å². The highest BCUT2D eigenvalue weighted by Gasteiger charge is 2.13. The van der Waals surface area contributed by atoms with Crippen LogP contribution in [0.25, 0.3) is 0 Å². The molecule has 0 saturated heterocycles. The molecule has 0 saturated carbocycles. The zero-order valence-electron chi connectivity index (χ0n) is 12.0. The molecule has 1 rings (SSSR count). The van der Waals surface area contributed by atoms with Gasteiger partial charge >= 0.3 is 5.97 Å². The number of benzene rings is 1. The SMILES string of the molecule is CCCOC(=O)c1cc(N)ccc1NCCC(C)C. The van der Waals surface area contributed by atoms with E-state index in [-0.39, 0.29) is 5.97 Å². The number of rotatable bonds is 7. The molecule has 0 amide bonds. The van der Waals surface area contributed by atoms with Crippen LogP contribution in [0.1, 0.15) is 44.0 Å². The molecule has 0 aromatic heterocycles. The van der Waals surface area contributed by atoms with Crippen LogP contribution >= 0.6 is 0 Å². The van der Waals surface area contributed by atoms with Crippen LogP contribution in [0, 0.1) is 5.92 Å². The lowest BCUT2D eigenvalue weighted by molar-refractivity contribution is 0.0506. The standard InChI is InChI=1S/C15H24N2O2/c1-4-9-19-15(18)13-10-12(16)5-6-14(13)17-8-7-11(2)3/h5-6,10-11,17H,4,7-9,16H2,1-3H3.